The minimum atomic E-state index is -0.382. The molecule has 2 aromatic rings. The lowest BCUT2D eigenvalue weighted by Gasteiger charge is -2.19. The number of hydrogen-bond donors (Lipinski definition) is 2. The molecule has 0 saturated heterocycles. The highest BCUT2D eigenvalue weighted by Gasteiger charge is 2.10. The Morgan fingerprint density at radius 1 is 1.24 bits per heavy atom. The molecule has 1 atom stereocenters. The number of nitrogens with two attached hydrogens (primary N) is 1. The number of benzene rings is 2. The van der Waals surface area contributed by atoms with Gasteiger partial charge in [0.1, 0.15) is 11.6 Å². The van der Waals surface area contributed by atoms with E-state index >= 15 is 0 Å². The van der Waals surface area contributed by atoms with Gasteiger partial charge in [0.15, 0.2) is 0 Å². The Kier molecular flexibility index (Phi) is 5.42. The second kappa shape index (κ2) is 7.29. The third-order valence-corrected chi connectivity index (χ3v) is 3.25. The van der Waals surface area contributed by atoms with Crippen molar-refractivity contribution in [3.8, 4) is 5.75 Å². The summed E-state index contributed by atoms with van der Waals surface area (Å²) in [4.78, 5) is 0. The van der Waals surface area contributed by atoms with Crippen LogP contribution in [0.25, 0.3) is 0 Å². The van der Waals surface area contributed by atoms with Crippen LogP contribution in [0.15, 0.2) is 42.5 Å². The summed E-state index contributed by atoms with van der Waals surface area (Å²) in [6.45, 7) is 2.94. The van der Waals surface area contributed by atoms with Crippen LogP contribution in [-0.2, 0) is 0 Å². The van der Waals surface area contributed by atoms with Gasteiger partial charge in [-0.2, -0.15) is 0 Å². The second-order valence-electron chi connectivity index (χ2n) is 4.59. The first-order chi connectivity index (χ1) is 10.1. The van der Waals surface area contributed by atoms with Gasteiger partial charge >= 0.3 is 0 Å². The Morgan fingerprint density at radius 2 is 1.95 bits per heavy atom. The molecule has 0 heterocycles. The first kappa shape index (κ1) is 15.6. The highest BCUT2D eigenvalue weighted by molar-refractivity contribution is 6.30. The first-order valence-corrected chi connectivity index (χ1v) is 7.15. The second-order valence-corrected chi connectivity index (χ2v) is 5.03. The number of halogens is 2. The summed E-state index contributed by atoms with van der Waals surface area (Å²) in [5.74, 6) is 0.429. The topological polar surface area (TPSA) is 47.3 Å². The number of rotatable bonds is 6. The molecule has 112 valence electrons. The van der Waals surface area contributed by atoms with Crippen LogP contribution >= 0.6 is 11.6 Å². The summed E-state index contributed by atoms with van der Waals surface area (Å²) < 4.78 is 18.8. The molecule has 3 nitrogen and oxygen atoms in total. The molecule has 1 unspecified atom stereocenters. The van der Waals surface area contributed by atoms with Crippen molar-refractivity contribution in [3.63, 3.8) is 0 Å². The molecule has 2 rings (SSSR count). The zero-order chi connectivity index (χ0) is 15.2. The van der Waals surface area contributed by atoms with Crippen molar-refractivity contribution < 1.29 is 9.13 Å². The van der Waals surface area contributed by atoms with Crippen molar-refractivity contribution in [3.05, 3.63) is 58.9 Å². The standard InChI is InChI=1S/C16H18ClFN2O/c1-2-21-15-5-3-11(4-6-15)16(10-19)20-14-8-12(17)7-13(18)9-14/h3-9,16,20H,2,10,19H2,1H3. The van der Waals surface area contributed by atoms with Gasteiger partial charge in [0.2, 0.25) is 0 Å². The molecular weight excluding hydrogens is 291 g/mol. The molecule has 5 heteroatoms. The van der Waals surface area contributed by atoms with E-state index in [1.54, 1.807) is 6.07 Å². The molecule has 0 aliphatic rings. The molecule has 21 heavy (non-hydrogen) atoms. The van der Waals surface area contributed by atoms with Crippen LogP contribution in [0.3, 0.4) is 0 Å². The van der Waals surface area contributed by atoms with E-state index in [0.717, 1.165) is 11.3 Å². The number of ether oxygens (including phenoxy) is 1. The molecule has 0 fully saturated rings. The summed E-state index contributed by atoms with van der Waals surface area (Å²) in [7, 11) is 0. The van der Waals surface area contributed by atoms with Crippen LogP contribution in [-0.4, -0.2) is 13.2 Å². The Morgan fingerprint density at radius 3 is 2.52 bits per heavy atom. The van der Waals surface area contributed by atoms with E-state index in [4.69, 9.17) is 22.1 Å². The van der Waals surface area contributed by atoms with Gasteiger partial charge in [0.25, 0.3) is 0 Å². The van der Waals surface area contributed by atoms with Crippen molar-refractivity contribution in [2.24, 2.45) is 5.73 Å². The fourth-order valence-corrected chi connectivity index (χ4v) is 2.30. The summed E-state index contributed by atoms with van der Waals surface area (Å²) in [6.07, 6.45) is 0. The van der Waals surface area contributed by atoms with Gasteiger partial charge in [-0.25, -0.2) is 4.39 Å². The lowest BCUT2D eigenvalue weighted by atomic mass is 10.1. The third kappa shape index (κ3) is 4.34. The summed E-state index contributed by atoms with van der Waals surface area (Å²) >= 11 is 5.85. The maximum absolute atomic E-state index is 13.4. The largest absolute Gasteiger partial charge is 0.494 e. The van der Waals surface area contributed by atoms with Crippen LogP contribution in [0.2, 0.25) is 5.02 Å². The molecule has 0 spiro atoms. The van der Waals surface area contributed by atoms with Crippen LogP contribution in [0.4, 0.5) is 10.1 Å². The molecule has 0 saturated carbocycles. The van der Waals surface area contributed by atoms with Gasteiger partial charge in [-0.3, -0.25) is 0 Å². The first-order valence-electron chi connectivity index (χ1n) is 6.78. The van der Waals surface area contributed by atoms with Crippen molar-refractivity contribution in [1.82, 2.24) is 0 Å². The lowest BCUT2D eigenvalue weighted by molar-refractivity contribution is 0.340. The molecule has 3 N–H and O–H groups in total. The highest BCUT2D eigenvalue weighted by atomic mass is 35.5. The van der Waals surface area contributed by atoms with Gasteiger partial charge in [-0.1, -0.05) is 23.7 Å². The predicted octanol–water partition coefficient (Wildman–Crippen LogP) is 3.99. The fraction of sp³-hybridized carbons (Fsp3) is 0.250. The maximum Gasteiger partial charge on any atom is 0.126 e. The van der Waals surface area contributed by atoms with E-state index in [2.05, 4.69) is 5.32 Å². The van der Waals surface area contributed by atoms with Crippen molar-refractivity contribution in [1.29, 1.82) is 0 Å². The summed E-state index contributed by atoms with van der Waals surface area (Å²) in [5.41, 5.74) is 7.41. The van der Waals surface area contributed by atoms with E-state index in [9.17, 15) is 4.39 Å². The van der Waals surface area contributed by atoms with E-state index in [-0.39, 0.29) is 11.9 Å². The van der Waals surface area contributed by atoms with Crippen molar-refractivity contribution in [2.45, 2.75) is 13.0 Å². The molecule has 0 aliphatic carbocycles. The van der Waals surface area contributed by atoms with Crippen LogP contribution in [0.1, 0.15) is 18.5 Å². The molecule has 0 amide bonds. The maximum atomic E-state index is 13.4. The quantitative estimate of drug-likeness (QED) is 0.848. The van der Waals surface area contributed by atoms with E-state index in [0.29, 0.717) is 23.9 Å². The van der Waals surface area contributed by atoms with Gasteiger partial charge in [-0.15, -0.1) is 0 Å². The minimum Gasteiger partial charge on any atom is -0.494 e. The van der Waals surface area contributed by atoms with E-state index in [1.807, 2.05) is 31.2 Å². The van der Waals surface area contributed by atoms with Gasteiger partial charge < -0.3 is 15.8 Å². The lowest BCUT2D eigenvalue weighted by Crippen LogP contribution is -2.20. The summed E-state index contributed by atoms with van der Waals surface area (Å²) in [6, 6.07) is 11.9. The average Bonchev–Trinajstić information content (AvgIpc) is 2.45. The smallest absolute Gasteiger partial charge is 0.126 e. The van der Waals surface area contributed by atoms with E-state index in [1.165, 1.54) is 12.1 Å². The molecule has 0 aromatic heterocycles. The van der Waals surface area contributed by atoms with Gasteiger partial charge in [0, 0.05) is 17.3 Å². The average molecular weight is 309 g/mol. The SMILES string of the molecule is CCOc1ccc(C(CN)Nc2cc(F)cc(Cl)c2)cc1. The van der Waals surface area contributed by atoms with Crippen LogP contribution in [0.5, 0.6) is 5.75 Å². The Balaban J connectivity index is 2.15. The predicted molar refractivity (Wildman–Crippen MR) is 84.4 cm³/mol. The van der Waals surface area contributed by atoms with Crippen molar-refractivity contribution in [2.75, 3.05) is 18.5 Å². The normalized spacial score (nSPS) is 12.0. The molecule has 2 aromatic carbocycles. The molecule has 0 bridgehead atoms. The van der Waals surface area contributed by atoms with Gasteiger partial charge in [0.05, 0.1) is 12.6 Å². The van der Waals surface area contributed by atoms with E-state index < -0.39 is 0 Å². The zero-order valence-corrected chi connectivity index (χ0v) is 12.5. The fourth-order valence-electron chi connectivity index (χ4n) is 2.08. The van der Waals surface area contributed by atoms with Crippen LogP contribution in [0, 0.1) is 5.82 Å². The molecule has 0 radical (unpaired) electrons. The Bertz CT molecular complexity index is 569. The summed E-state index contributed by atoms with van der Waals surface area (Å²) in [5, 5.41) is 3.54. The third-order valence-electron chi connectivity index (χ3n) is 3.03. The van der Waals surface area contributed by atoms with Crippen LogP contribution < -0.4 is 15.8 Å². The monoisotopic (exact) mass is 308 g/mol. The minimum absolute atomic E-state index is 0.126. The number of anilines is 1. The number of nitrogens with one attached hydrogen (secondary N) is 1. The molecular formula is C16H18ClFN2O. The Labute approximate surface area is 128 Å². The van der Waals surface area contributed by atoms with Crippen molar-refractivity contribution >= 4 is 17.3 Å². The highest BCUT2D eigenvalue weighted by Crippen LogP contribution is 2.24. The van der Waals surface area contributed by atoms with Gasteiger partial charge in [-0.05, 0) is 42.8 Å². The Hall–Kier alpha value is -1.78. The zero-order valence-electron chi connectivity index (χ0n) is 11.8. The molecule has 0 aliphatic heterocycles. The number of hydrogen-bond acceptors (Lipinski definition) is 3.